The van der Waals surface area contributed by atoms with Crippen LogP contribution in [0.15, 0.2) is 0 Å². The van der Waals surface area contributed by atoms with Gasteiger partial charge in [0.05, 0.1) is 6.10 Å². The normalized spacial score (nSPS) is 16.8. The molecule has 0 atom stereocenters. The lowest BCUT2D eigenvalue weighted by atomic mass is 10.1. The Bertz CT molecular complexity index is 140. The first-order valence-corrected chi connectivity index (χ1v) is 6.02. The summed E-state index contributed by atoms with van der Waals surface area (Å²) in [6, 6.07) is 0. The van der Waals surface area contributed by atoms with Crippen LogP contribution in [0.2, 0.25) is 0 Å². The highest BCUT2D eigenvalue weighted by Gasteiger charge is 2.07. The number of nitrogens with zero attached hydrogens (tertiary/aromatic N) is 1. The van der Waals surface area contributed by atoms with Crippen molar-refractivity contribution in [2.24, 2.45) is 0 Å². The summed E-state index contributed by atoms with van der Waals surface area (Å²) in [5.41, 5.74) is 0. The minimum absolute atomic E-state index is 0.0301. The second-order valence-electron chi connectivity index (χ2n) is 4.18. The molecule has 0 amide bonds. The van der Waals surface area contributed by atoms with Crippen LogP contribution in [0.1, 0.15) is 46.5 Å². The van der Waals surface area contributed by atoms with Gasteiger partial charge in [-0.2, -0.15) is 0 Å². The molecule has 15 heavy (non-hydrogen) atoms. The van der Waals surface area contributed by atoms with Crippen molar-refractivity contribution < 1.29 is 9.53 Å². The van der Waals surface area contributed by atoms with Crippen LogP contribution in [0.5, 0.6) is 0 Å². The predicted molar refractivity (Wildman–Crippen MR) is 62.9 cm³/mol. The molecule has 1 saturated heterocycles. The summed E-state index contributed by atoms with van der Waals surface area (Å²) in [6.45, 7) is 10.3. The maximum absolute atomic E-state index is 9.39. The minimum Gasteiger partial charge on any atom is -0.465 e. The predicted octanol–water partition coefficient (Wildman–Crippen LogP) is 2.45. The maximum Gasteiger partial charge on any atom is 0.293 e. The monoisotopic (exact) mass is 215 g/mol. The number of ether oxygens (including phenoxy) is 1. The number of hydrogen-bond donors (Lipinski definition) is 0. The zero-order valence-electron chi connectivity index (χ0n) is 10.4. The zero-order valence-corrected chi connectivity index (χ0v) is 10.4. The van der Waals surface area contributed by atoms with E-state index in [-0.39, 0.29) is 6.10 Å². The minimum atomic E-state index is 0.0301. The fraction of sp³-hybridized carbons (Fsp3) is 0.917. The largest absolute Gasteiger partial charge is 0.465 e. The molecule has 1 rings (SSSR count). The van der Waals surface area contributed by atoms with E-state index in [0.717, 1.165) is 0 Å². The molecule has 0 saturated carbocycles. The summed E-state index contributed by atoms with van der Waals surface area (Å²) in [4.78, 5) is 12.0. The molecule has 0 radical (unpaired) electrons. The molecule has 0 aromatic rings. The van der Waals surface area contributed by atoms with Gasteiger partial charge in [0.25, 0.3) is 6.47 Å². The number of carbonyl (C=O) groups excluding carboxylic acids is 1. The Morgan fingerprint density at radius 2 is 1.87 bits per heavy atom. The average molecular weight is 215 g/mol. The highest BCUT2D eigenvalue weighted by atomic mass is 16.5. The van der Waals surface area contributed by atoms with Gasteiger partial charge in [-0.3, -0.25) is 4.79 Å². The van der Waals surface area contributed by atoms with Crippen molar-refractivity contribution in [3.63, 3.8) is 0 Å². The average Bonchev–Trinajstić information content (AvgIpc) is 2.20. The second kappa shape index (κ2) is 9.97. The Balaban J connectivity index is 0.000000288. The van der Waals surface area contributed by atoms with Gasteiger partial charge in [0.1, 0.15) is 0 Å². The summed E-state index contributed by atoms with van der Waals surface area (Å²) in [5, 5.41) is 0. The van der Waals surface area contributed by atoms with E-state index in [0.29, 0.717) is 6.47 Å². The van der Waals surface area contributed by atoms with Crippen LogP contribution in [-0.2, 0) is 9.53 Å². The van der Waals surface area contributed by atoms with Crippen molar-refractivity contribution in [2.75, 3.05) is 19.6 Å². The summed E-state index contributed by atoms with van der Waals surface area (Å²) < 4.78 is 4.36. The number of hydrogen-bond acceptors (Lipinski definition) is 3. The summed E-state index contributed by atoms with van der Waals surface area (Å²) in [6.07, 6.45) is 5.67. The van der Waals surface area contributed by atoms with E-state index < -0.39 is 0 Å². The number of piperidine rings is 1. The van der Waals surface area contributed by atoms with Crippen molar-refractivity contribution in [3.05, 3.63) is 0 Å². The molecule has 1 heterocycles. The molecule has 0 spiro atoms. The van der Waals surface area contributed by atoms with Crippen molar-refractivity contribution in [2.45, 2.75) is 52.6 Å². The molecule has 90 valence electrons. The highest BCUT2D eigenvalue weighted by molar-refractivity contribution is 5.37. The van der Waals surface area contributed by atoms with Crippen molar-refractivity contribution in [1.82, 2.24) is 4.90 Å². The fourth-order valence-electron chi connectivity index (χ4n) is 1.61. The van der Waals surface area contributed by atoms with Gasteiger partial charge in [-0.15, -0.1) is 0 Å². The molecule has 0 unspecified atom stereocenters. The smallest absolute Gasteiger partial charge is 0.293 e. The molecular weight excluding hydrogens is 190 g/mol. The van der Waals surface area contributed by atoms with Gasteiger partial charge < -0.3 is 9.64 Å². The molecular formula is C12H25NO2. The molecule has 3 nitrogen and oxygen atoms in total. The van der Waals surface area contributed by atoms with Crippen LogP contribution < -0.4 is 0 Å². The van der Waals surface area contributed by atoms with E-state index in [2.05, 4.69) is 16.6 Å². The van der Waals surface area contributed by atoms with Gasteiger partial charge in [-0.1, -0.05) is 13.3 Å². The lowest BCUT2D eigenvalue weighted by Crippen LogP contribution is -2.30. The van der Waals surface area contributed by atoms with E-state index in [9.17, 15) is 4.79 Å². The van der Waals surface area contributed by atoms with Crippen molar-refractivity contribution >= 4 is 6.47 Å². The quantitative estimate of drug-likeness (QED) is 0.675. The molecule has 1 aliphatic heterocycles. The number of rotatable bonds is 4. The Morgan fingerprint density at radius 3 is 2.20 bits per heavy atom. The van der Waals surface area contributed by atoms with E-state index in [1.165, 1.54) is 45.3 Å². The van der Waals surface area contributed by atoms with Gasteiger partial charge >= 0.3 is 0 Å². The fourth-order valence-corrected chi connectivity index (χ4v) is 1.61. The first-order chi connectivity index (χ1) is 7.20. The topological polar surface area (TPSA) is 29.5 Å². The van der Waals surface area contributed by atoms with Crippen LogP contribution in [0, 0.1) is 0 Å². The summed E-state index contributed by atoms with van der Waals surface area (Å²) in [7, 11) is 0. The molecule has 3 heteroatoms. The molecule has 1 fully saturated rings. The Hall–Kier alpha value is -0.570. The van der Waals surface area contributed by atoms with Gasteiger partial charge in [0.2, 0.25) is 0 Å². The van der Waals surface area contributed by atoms with E-state index in [1.807, 2.05) is 0 Å². The Kier molecular flexibility index (Phi) is 9.59. The highest BCUT2D eigenvalue weighted by Crippen LogP contribution is 2.07. The summed E-state index contributed by atoms with van der Waals surface area (Å²) in [5.74, 6) is 0. The third-order valence-corrected chi connectivity index (χ3v) is 2.32. The SMILES string of the molecule is CC(C)OC=O.CCCN1CCCCC1. The van der Waals surface area contributed by atoms with E-state index in [1.54, 1.807) is 13.8 Å². The second-order valence-corrected chi connectivity index (χ2v) is 4.18. The molecule has 1 aliphatic rings. The number of carbonyl (C=O) groups is 1. The molecule has 0 aromatic heterocycles. The molecule has 0 aliphatic carbocycles. The van der Waals surface area contributed by atoms with Crippen LogP contribution in [0.3, 0.4) is 0 Å². The molecule has 0 N–H and O–H groups in total. The van der Waals surface area contributed by atoms with Crippen LogP contribution >= 0.6 is 0 Å². The van der Waals surface area contributed by atoms with Crippen LogP contribution in [-0.4, -0.2) is 37.1 Å². The first kappa shape index (κ1) is 14.4. The number of likely N-dealkylation sites (tertiary alicyclic amines) is 1. The van der Waals surface area contributed by atoms with Crippen LogP contribution in [0.4, 0.5) is 0 Å². The Labute approximate surface area is 93.8 Å². The summed E-state index contributed by atoms with van der Waals surface area (Å²) >= 11 is 0. The van der Waals surface area contributed by atoms with Gasteiger partial charge in [0.15, 0.2) is 0 Å². The van der Waals surface area contributed by atoms with Gasteiger partial charge in [-0.05, 0) is 52.7 Å². The van der Waals surface area contributed by atoms with Gasteiger partial charge in [0, 0.05) is 0 Å². The third-order valence-electron chi connectivity index (χ3n) is 2.32. The van der Waals surface area contributed by atoms with E-state index in [4.69, 9.17) is 0 Å². The lowest BCUT2D eigenvalue weighted by Gasteiger charge is -2.25. The van der Waals surface area contributed by atoms with Crippen LogP contribution in [0.25, 0.3) is 0 Å². The van der Waals surface area contributed by atoms with Gasteiger partial charge in [-0.25, -0.2) is 0 Å². The Morgan fingerprint density at radius 1 is 1.27 bits per heavy atom. The zero-order chi connectivity index (χ0) is 11.5. The lowest BCUT2D eigenvalue weighted by molar-refractivity contribution is -0.131. The van der Waals surface area contributed by atoms with E-state index >= 15 is 0 Å². The first-order valence-electron chi connectivity index (χ1n) is 6.02. The maximum atomic E-state index is 9.39. The standard InChI is InChI=1S/C8H17N.C4H8O2/c1-2-6-9-7-4-3-5-8-9;1-4(2)6-3-5/h2-8H2,1H3;3-4H,1-2H3. The molecule has 0 aromatic carbocycles. The third kappa shape index (κ3) is 9.73. The van der Waals surface area contributed by atoms with Crippen molar-refractivity contribution in [1.29, 1.82) is 0 Å². The molecule has 0 bridgehead atoms. The van der Waals surface area contributed by atoms with Crippen molar-refractivity contribution in [3.8, 4) is 0 Å².